The molecule has 1 aliphatic heterocycles. The summed E-state index contributed by atoms with van der Waals surface area (Å²) < 4.78 is 5.80. The van der Waals surface area contributed by atoms with Crippen LogP contribution in [0.2, 0.25) is 0 Å². The molecule has 3 aromatic rings. The van der Waals surface area contributed by atoms with Crippen LogP contribution in [-0.4, -0.2) is 53.3 Å². The Balaban J connectivity index is 1.76. The molecule has 194 valence electrons. The highest BCUT2D eigenvalue weighted by atomic mass is 16.5. The maximum absolute atomic E-state index is 12.3. The fraction of sp³-hybridized carbons (Fsp3) is 0.333. The van der Waals surface area contributed by atoms with E-state index in [1.807, 2.05) is 41.3 Å². The van der Waals surface area contributed by atoms with Gasteiger partial charge in [-0.2, -0.15) is 4.98 Å². The van der Waals surface area contributed by atoms with E-state index >= 15 is 0 Å². The molecule has 0 unspecified atom stereocenters. The normalized spacial score (nSPS) is 15.4. The van der Waals surface area contributed by atoms with E-state index in [4.69, 9.17) is 15.6 Å². The molecule has 1 aliphatic rings. The second kappa shape index (κ2) is 11.2. The van der Waals surface area contributed by atoms with Crippen molar-refractivity contribution in [3.63, 3.8) is 0 Å². The van der Waals surface area contributed by atoms with E-state index in [-0.39, 0.29) is 23.3 Å². The highest BCUT2D eigenvalue weighted by Crippen LogP contribution is 2.40. The maximum Gasteiger partial charge on any atom is 0.404 e. The van der Waals surface area contributed by atoms with Gasteiger partial charge < -0.3 is 31.1 Å². The predicted octanol–water partition coefficient (Wildman–Crippen LogP) is 4.35. The standard InChI is InChI=1S/C27H32N6O4/c1-16(2)20-12-18(17-8-5-4-6-9-17)13-22(23(20)37-3)31-25-21(24(28)34)14-29-26(32-25)33-11-7-10-19(15-33)30-27(35)36/h4-6,8-9,12-14,16,19,30H,7,10-11,15H2,1-3H3,(H2,28,34)(H,35,36)(H,29,31,32)/t19-/m0/s1. The molecular weight excluding hydrogens is 472 g/mol. The molecule has 10 heteroatoms. The Morgan fingerprint density at radius 1 is 1.19 bits per heavy atom. The van der Waals surface area contributed by atoms with Gasteiger partial charge in [-0.15, -0.1) is 0 Å². The number of primary amides is 1. The number of rotatable bonds is 8. The molecule has 1 saturated heterocycles. The molecule has 0 aliphatic carbocycles. The quantitative estimate of drug-likeness (QED) is 0.354. The Bertz CT molecular complexity index is 1280. The highest BCUT2D eigenvalue weighted by molar-refractivity contribution is 5.98. The third-order valence-corrected chi connectivity index (χ3v) is 6.38. The third-order valence-electron chi connectivity index (χ3n) is 6.38. The zero-order valence-electron chi connectivity index (χ0n) is 21.2. The molecule has 0 spiro atoms. The first-order valence-electron chi connectivity index (χ1n) is 12.2. The molecule has 1 fully saturated rings. The number of amides is 2. The fourth-order valence-electron chi connectivity index (χ4n) is 4.58. The Kier molecular flexibility index (Phi) is 7.76. The molecule has 37 heavy (non-hydrogen) atoms. The number of ether oxygens (including phenoxy) is 1. The number of anilines is 3. The van der Waals surface area contributed by atoms with E-state index in [1.165, 1.54) is 6.20 Å². The van der Waals surface area contributed by atoms with Crippen LogP contribution in [0, 0.1) is 0 Å². The van der Waals surface area contributed by atoms with Crippen molar-refractivity contribution < 1.29 is 19.4 Å². The number of benzene rings is 2. The van der Waals surface area contributed by atoms with Crippen LogP contribution in [0.3, 0.4) is 0 Å². The molecule has 0 saturated carbocycles. The van der Waals surface area contributed by atoms with Crippen LogP contribution in [-0.2, 0) is 0 Å². The molecule has 0 bridgehead atoms. The number of methoxy groups -OCH3 is 1. The van der Waals surface area contributed by atoms with Gasteiger partial charge in [0.2, 0.25) is 5.95 Å². The van der Waals surface area contributed by atoms with E-state index in [0.717, 1.165) is 29.5 Å². The van der Waals surface area contributed by atoms with Gasteiger partial charge in [-0.1, -0.05) is 44.2 Å². The highest BCUT2D eigenvalue weighted by Gasteiger charge is 2.25. The van der Waals surface area contributed by atoms with Crippen LogP contribution in [0.1, 0.15) is 48.5 Å². The minimum absolute atomic E-state index is 0.138. The summed E-state index contributed by atoms with van der Waals surface area (Å²) in [7, 11) is 1.61. The lowest BCUT2D eigenvalue weighted by atomic mass is 9.95. The van der Waals surface area contributed by atoms with Gasteiger partial charge in [0.25, 0.3) is 5.91 Å². The number of aromatic nitrogens is 2. The Labute approximate surface area is 215 Å². The summed E-state index contributed by atoms with van der Waals surface area (Å²) in [4.78, 5) is 34.3. The number of nitrogens with one attached hydrogen (secondary N) is 2. The largest absolute Gasteiger partial charge is 0.494 e. The van der Waals surface area contributed by atoms with E-state index < -0.39 is 12.0 Å². The fourth-order valence-corrected chi connectivity index (χ4v) is 4.58. The van der Waals surface area contributed by atoms with Gasteiger partial charge in [0, 0.05) is 25.3 Å². The molecule has 2 amide bonds. The molecule has 4 rings (SSSR count). The molecule has 1 atom stereocenters. The van der Waals surface area contributed by atoms with Crippen molar-refractivity contribution >= 4 is 29.5 Å². The van der Waals surface area contributed by atoms with Gasteiger partial charge in [-0.05, 0) is 47.6 Å². The lowest BCUT2D eigenvalue weighted by Gasteiger charge is -2.32. The van der Waals surface area contributed by atoms with Crippen molar-refractivity contribution in [3.05, 3.63) is 59.8 Å². The molecule has 0 radical (unpaired) electrons. The average Bonchev–Trinajstić information content (AvgIpc) is 2.88. The molecule has 5 N–H and O–H groups in total. The molecule has 2 aromatic carbocycles. The maximum atomic E-state index is 12.3. The SMILES string of the molecule is COc1c(Nc2nc(N3CCC[C@H](NC(=O)O)C3)ncc2C(N)=O)cc(-c2ccccc2)cc1C(C)C. The molecule has 1 aromatic heterocycles. The van der Waals surface area contributed by atoms with Crippen molar-refractivity contribution in [1.29, 1.82) is 0 Å². The zero-order valence-corrected chi connectivity index (χ0v) is 21.2. The number of nitrogens with zero attached hydrogens (tertiary/aromatic N) is 3. The van der Waals surface area contributed by atoms with Crippen LogP contribution in [0.25, 0.3) is 11.1 Å². The number of carbonyl (C=O) groups is 2. The second-order valence-electron chi connectivity index (χ2n) is 9.32. The van der Waals surface area contributed by atoms with Gasteiger partial charge in [-0.25, -0.2) is 9.78 Å². The topological polar surface area (TPSA) is 143 Å². The van der Waals surface area contributed by atoms with Gasteiger partial charge in [-0.3, -0.25) is 4.79 Å². The molecule has 2 heterocycles. The van der Waals surface area contributed by atoms with Crippen molar-refractivity contribution in [2.45, 2.75) is 38.6 Å². The summed E-state index contributed by atoms with van der Waals surface area (Å²) in [6, 6.07) is 13.8. The monoisotopic (exact) mass is 504 g/mol. The zero-order chi connectivity index (χ0) is 26.5. The van der Waals surface area contributed by atoms with Gasteiger partial charge in [0.1, 0.15) is 17.1 Å². The van der Waals surface area contributed by atoms with Gasteiger partial charge in [0.15, 0.2) is 0 Å². The van der Waals surface area contributed by atoms with Crippen LogP contribution in [0.4, 0.5) is 22.2 Å². The smallest absolute Gasteiger partial charge is 0.404 e. The summed E-state index contributed by atoms with van der Waals surface area (Å²) in [5, 5.41) is 14.9. The molecule has 10 nitrogen and oxygen atoms in total. The van der Waals surface area contributed by atoms with E-state index in [1.54, 1.807) is 7.11 Å². The summed E-state index contributed by atoms with van der Waals surface area (Å²) in [5.41, 5.74) is 9.47. The van der Waals surface area contributed by atoms with Crippen LogP contribution < -0.4 is 26.0 Å². The average molecular weight is 505 g/mol. The Hall–Kier alpha value is -4.34. The van der Waals surface area contributed by atoms with Crippen LogP contribution in [0.15, 0.2) is 48.7 Å². The summed E-state index contributed by atoms with van der Waals surface area (Å²) in [6.45, 7) is 5.27. The second-order valence-corrected chi connectivity index (χ2v) is 9.32. The number of hydrogen-bond acceptors (Lipinski definition) is 7. The first kappa shape index (κ1) is 25.7. The molecular formula is C27H32N6O4. The van der Waals surface area contributed by atoms with Crippen molar-refractivity contribution in [2.75, 3.05) is 30.4 Å². The first-order chi connectivity index (χ1) is 17.8. The minimum Gasteiger partial charge on any atom is -0.494 e. The Morgan fingerprint density at radius 2 is 1.95 bits per heavy atom. The number of hydrogen-bond donors (Lipinski definition) is 4. The van der Waals surface area contributed by atoms with Crippen LogP contribution in [0.5, 0.6) is 5.75 Å². The first-order valence-corrected chi connectivity index (χ1v) is 12.2. The van der Waals surface area contributed by atoms with Gasteiger partial charge >= 0.3 is 6.09 Å². The summed E-state index contributed by atoms with van der Waals surface area (Å²) >= 11 is 0. The van der Waals surface area contributed by atoms with E-state index in [0.29, 0.717) is 30.5 Å². The van der Waals surface area contributed by atoms with Crippen molar-refractivity contribution in [2.24, 2.45) is 5.73 Å². The third kappa shape index (κ3) is 5.91. The summed E-state index contributed by atoms with van der Waals surface area (Å²) in [5.74, 6) is 0.785. The number of piperidine rings is 1. The van der Waals surface area contributed by atoms with Crippen molar-refractivity contribution in [1.82, 2.24) is 15.3 Å². The lowest BCUT2D eigenvalue weighted by molar-refractivity contribution is 0.100. The van der Waals surface area contributed by atoms with E-state index in [9.17, 15) is 9.59 Å². The van der Waals surface area contributed by atoms with Gasteiger partial charge in [0.05, 0.1) is 12.8 Å². The van der Waals surface area contributed by atoms with Crippen LogP contribution >= 0.6 is 0 Å². The summed E-state index contributed by atoms with van der Waals surface area (Å²) in [6.07, 6.45) is 1.84. The van der Waals surface area contributed by atoms with Crippen molar-refractivity contribution in [3.8, 4) is 16.9 Å². The lowest BCUT2D eigenvalue weighted by Crippen LogP contribution is -2.48. The Morgan fingerprint density at radius 3 is 2.59 bits per heavy atom. The van der Waals surface area contributed by atoms with E-state index in [2.05, 4.69) is 40.5 Å². The predicted molar refractivity (Wildman–Crippen MR) is 143 cm³/mol. The number of nitrogens with two attached hydrogens (primary N) is 1. The minimum atomic E-state index is -1.06. The number of carboxylic acid groups (broad SMARTS) is 1. The number of carbonyl (C=O) groups excluding carboxylic acids is 1.